The summed E-state index contributed by atoms with van der Waals surface area (Å²) in [6.07, 6.45) is 5.50. The molecule has 3 aromatic heterocycles. The highest BCUT2D eigenvalue weighted by atomic mass is 16.3. The van der Waals surface area contributed by atoms with Crippen LogP contribution in [0.4, 0.5) is 0 Å². The summed E-state index contributed by atoms with van der Waals surface area (Å²) >= 11 is 0. The minimum absolute atomic E-state index is 0.819. The Hall–Kier alpha value is -3.98. The summed E-state index contributed by atoms with van der Waals surface area (Å²) in [7, 11) is 0. The van der Waals surface area contributed by atoms with Gasteiger partial charge in [0.15, 0.2) is 5.58 Å². The van der Waals surface area contributed by atoms with Gasteiger partial charge in [-0.2, -0.15) is 0 Å². The Kier molecular flexibility index (Phi) is 3.90. The van der Waals surface area contributed by atoms with Crippen molar-refractivity contribution in [3.05, 3.63) is 96.5 Å². The summed E-state index contributed by atoms with van der Waals surface area (Å²) in [5.41, 5.74) is 8.43. The van der Waals surface area contributed by atoms with Crippen molar-refractivity contribution in [2.45, 2.75) is 13.8 Å². The summed E-state index contributed by atoms with van der Waals surface area (Å²) in [6.45, 7) is 4.23. The van der Waals surface area contributed by atoms with Gasteiger partial charge in [0.1, 0.15) is 5.52 Å². The van der Waals surface area contributed by atoms with Gasteiger partial charge in [0, 0.05) is 28.7 Å². The summed E-state index contributed by atoms with van der Waals surface area (Å²) < 4.78 is 5.73. The van der Waals surface area contributed by atoms with E-state index in [1.54, 1.807) is 6.26 Å². The lowest BCUT2D eigenvalue weighted by Crippen LogP contribution is -1.91. The van der Waals surface area contributed by atoms with Gasteiger partial charge in [-0.1, -0.05) is 30.3 Å². The van der Waals surface area contributed by atoms with Gasteiger partial charge < -0.3 is 4.42 Å². The number of nitrogens with zero attached hydrogens (tertiary/aromatic N) is 2. The number of fused-ring (bicyclic) bond motifs is 4. The summed E-state index contributed by atoms with van der Waals surface area (Å²) in [5, 5.41) is 4.63. The Labute approximate surface area is 180 Å². The number of aromatic nitrogens is 2. The molecule has 3 aromatic carbocycles. The second-order valence-corrected chi connectivity index (χ2v) is 8.12. The molecule has 0 bridgehead atoms. The van der Waals surface area contributed by atoms with E-state index in [0.29, 0.717) is 0 Å². The van der Waals surface area contributed by atoms with E-state index in [1.807, 2.05) is 18.5 Å². The second kappa shape index (κ2) is 6.78. The van der Waals surface area contributed by atoms with E-state index >= 15 is 0 Å². The molecule has 6 aromatic rings. The number of hydrogen-bond donors (Lipinski definition) is 0. The van der Waals surface area contributed by atoms with Crippen LogP contribution in [0, 0.1) is 13.8 Å². The maximum atomic E-state index is 5.73. The second-order valence-electron chi connectivity index (χ2n) is 8.12. The highest BCUT2D eigenvalue weighted by Crippen LogP contribution is 2.36. The normalized spacial score (nSPS) is 11.5. The molecule has 3 heterocycles. The zero-order chi connectivity index (χ0) is 20.9. The van der Waals surface area contributed by atoms with Crippen molar-refractivity contribution < 1.29 is 4.42 Å². The predicted octanol–water partition coefficient (Wildman–Crippen LogP) is 7.48. The van der Waals surface area contributed by atoms with Gasteiger partial charge in [-0.25, -0.2) is 0 Å². The number of aryl methyl sites for hydroxylation is 2. The minimum atomic E-state index is 0.819. The molecule has 0 aliphatic carbocycles. The molecule has 0 fully saturated rings. The Morgan fingerprint density at radius 2 is 1.65 bits per heavy atom. The maximum absolute atomic E-state index is 5.73. The quantitative estimate of drug-likeness (QED) is 0.302. The van der Waals surface area contributed by atoms with Crippen LogP contribution in [0.3, 0.4) is 0 Å². The standard InChI is InChI=1S/C28H20N2O/c1-17-11-25-24(14-21-8-10-31-28(21)27(25)30-16-17)26-15-19(7-9-29-26)22-12-18(2)23-6-4-3-5-20(23)13-22/h3-16H,1-2H3. The molecule has 0 aliphatic heterocycles. The van der Waals surface area contributed by atoms with Crippen molar-refractivity contribution in [1.29, 1.82) is 0 Å². The molecule has 148 valence electrons. The predicted molar refractivity (Wildman–Crippen MR) is 127 cm³/mol. The van der Waals surface area contributed by atoms with Crippen LogP contribution < -0.4 is 0 Å². The Balaban J connectivity index is 1.58. The lowest BCUT2D eigenvalue weighted by molar-refractivity contribution is 0.618. The van der Waals surface area contributed by atoms with Crippen LogP contribution in [0.15, 0.2) is 89.8 Å². The molecule has 0 aliphatic rings. The third-order valence-electron chi connectivity index (χ3n) is 5.96. The first kappa shape index (κ1) is 17.8. The average Bonchev–Trinajstić information content (AvgIpc) is 3.27. The SMILES string of the molecule is Cc1cnc2c(c1)c(-c1cc(-c3cc(C)c4ccccc4c3)ccn1)cc1ccoc12. The largest absolute Gasteiger partial charge is 0.462 e. The van der Waals surface area contributed by atoms with Crippen molar-refractivity contribution in [1.82, 2.24) is 9.97 Å². The first-order valence-electron chi connectivity index (χ1n) is 10.4. The van der Waals surface area contributed by atoms with Gasteiger partial charge in [-0.3, -0.25) is 9.97 Å². The summed E-state index contributed by atoms with van der Waals surface area (Å²) in [6, 6.07) is 23.6. The average molecular weight is 400 g/mol. The number of rotatable bonds is 2. The number of hydrogen-bond acceptors (Lipinski definition) is 3. The number of pyridine rings is 2. The third kappa shape index (κ3) is 2.89. The molecule has 0 saturated heterocycles. The monoisotopic (exact) mass is 400 g/mol. The van der Waals surface area contributed by atoms with Crippen molar-refractivity contribution in [2.24, 2.45) is 0 Å². The molecule has 0 radical (unpaired) electrons. The van der Waals surface area contributed by atoms with E-state index in [1.165, 1.54) is 21.9 Å². The van der Waals surface area contributed by atoms with Crippen molar-refractivity contribution in [3.8, 4) is 22.4 Å². The number of benzene rings is 3. The van der Waals surface area contributed by atoms with Crippen LogP contribution in [0.2, 0.25) is 0 Å². The first-order chi connectivity index (χ1) is 15.2. The van der Waals surface area contributed by atoms with Gasteiger partial charge in [-0.15, -0.1) is 0 Å². The Morgan fingerprint density at radius 3 is 2.58 bits per heavy atom. The van der Waals surface area contributed by atoms with Gasteiger partial charge in [0.25, 0.3) is 0 Å². The lowest BCUT2D eigenvalue weighted by atomic mass is 9.96. The van der Waals surface area contributed by atoms with E-state index in [9.17, 15) is 0 Å². The van der Waals surface area contributed by atoms with Crippen molar-refractivity contribution in [2.75, 3.05) is 0 Å². The molecule has 0 N–H and O–H groups in total. The molecule has 6 rings (SSSR count). The molecule has 0 spiro atoms. The first-order valence-corrected chi connectivity index (χ1v) is 10.4. The van der Waals surface area contributed by atoms with Gasteiger partial charge in [0.2, 0.25) is 0 Å². The van der Waals surface area contributed by atoms with Crippen LogP contribution >= 0.6 is 0 Å². The third-order valence-corrected chi connectivity index (χ3v) is 5.96. The van der Waals surface area contributed by atoms with Gasteiger partial charge in [0.05, 0.1) is 12.0 Å². The molecule has 0 unspecified atom stereocenters. The van der Waals surface area contributed by atoms with Gasteiger partial charge >= 0.3 is 0 Å². The fraction of sp³-hybridized carbons (Fsp3) is 0.0714. The minimum Gasteiger partial charge on any atom is -0.462 e. The molecular formula is C28H20N2O. The topological polar surface area (TPSA) is 38.9 Å². The smallest absolute Gasteiger partial charge is 0.160 e. The van der Waals surface area contributed by atoms with Crippen LogP contribution in [-0.4, -0.2) is 9.97 Å². The molecule has 3 nitrogen and oxygen atoms in total. The zero-order valence-electron chi connectivity index (χ0n) is 17.4. The molecule has 3 heteroatoms. The zero-order valence-corrected chi connectivity index (χ0v) is 17.4. The fourth-order valence-electron chi connectivity index (χ4n) is 4.45. The summed E-state index contributed by atoms with van der Waals surface area (Å²) in [4.78, 5) is 9.40. The lowest BCUT2D eigenvalue weighted by Gasteiger charge is -2.11. The van der Waals surface area contributed by atoms with E-state index in [2.05, 4.69) is 79.5 Å². The Bertz CT molecular complexity index is 1610. The fourth-order valence-corrected chi connectivity index (χ4v) is 4.45. The highest BCUT2D eigenvalue weighted by Gasteiger charge is 2.14. The van der Waals surface area contributed by atoms with E-state index in [0.717, 1.165) is 44.3 Å². The highest BCUT2D eigenvalue weighted by molar-refractivity contribution is 6.09. The van der Waals surface area contributed by atoms with Crippen LogP contribution in [0.25, 0.3) is 55.0 Å². The van der Waals surface area contributed by atoms with E-state index in [-0.39, 0.29) is 0 Å². The van der Waals surface area contributed by atoms with Crippen LogP contribution in [0.5, 0.6) is 0 Å². The summed E-state index contributed by atoms with van der Waals surface area (Å²) in [5.74, 6) is 0. The molecular weight excluding hydrogens is 380 g/mol. The maximum Gasteiger partial charge on any atom is 0.160 e. The Morgan fingerprint density at radius 1 is 0.742 bits per heavy atom. The van der Waals surface area contributed by atoms with Crippen molar-refractivity contribution >= 4 is 32.6 Å². The molecule has 0 atom stereocenters. The number of furan rings is 1. The van der Waals surface area contributed by atoms with E-state index < -0.39 is 0 Å². The molecule has 31 heavy (non-hydrogen) atoms. The molecule has 0 saturated carbocycles. The van der Waals surface area contributed by atoms with Crippen LogP contribution in [0.1, 0.15) is 11.1 Å². The molecule has 0 amide bonds. The van der Waals surface area contributed by atoms with Crippen molar-refractivity contribution in [3.63, 3.8) is 0 Å². The van der Waals surface area contributed by atoms with Gasteiger partial charge in [-0.05, 0) is 83.3 Å². The van der Waals surface area contributed by atoms with E-state index in [4.69, 9.17) is 9.40 Å². The van der Waals surface area contributed by atoms with Crippen LogP contribution in [-0.2, 0) is 0 Å².